The Kier molecular flexibility index (Phi) is 10.2. The van der Waals surface area contributed by atoms with E-state index < -0.39 is 53.6 Å². The third kappa shape index (κ3) is 7.85. The second-order valence-corrected chi connectivity index (χ2v) is 20.7. The number of methoxy groups -OCH3 is 1. The number of fused-ring (bicyclic) bond motifs is 1. The second kappa shape index (κ2) is 13.3. The summed E-state index contributed by atoms with van der Waals surface area (Å²) < 4.78 is 46.6. The molecule has 0 spiro atoms. The number of hydrogen-bond acceptors (Lipinski definition) is 8. The van der Waals surface area contributed by atoms with Gasteiger partial charge >= 0.3 is 12.1 Å². The number of benzene rings is 1. The first-order chi connectivity index (χ1) is 21.4. The summed E-state index contributed by atoms with van der Waals surface area (Å²) in [5.41, 5.74) is -1.41. The Balaban J connectivity index is 1.77. The molecule has 13 heteroatoms. The maximum atomic E-state index is 15.7. The van der Waals surface area contributed by atoms with Crippen LogP contribution in [-0.2, 0) is 24.5 Å². The van der Waals surface area contributed by atoms with Gasteiger partial charge in [0.25, 0.3) is 0 Å². The lowest BCUT2D eigenvalue weighted by Gasteiger charge is -2.37. The summed E-state index contributed by atoms with van der Waals surface area (Å²) in [6.07, 6.45) is 2.09. The van der Waals surface area contributed by atoms with Crippen LogP contribution < -0.4 is 0 Å². The summed E-state index contributed by atoms with van der Waals surface area (Å²) in [6, 6.07) is 7.85. The van der Waals surface area contributed by atoms with Crippen LogP contribution in [0.2, 0.25) is 25.7 Å². The molecule has 2 aliphatic rings. The highest BCUT2D eigenvalue weighted by atomic mass is 32.2. The monoisotopic (exact) mass is 670 g/mol. The zero-order chi connectivity index (χ0) is 34.1. The molecule has 0 unspecified atom stereocenters. The maximum Gasteiger partial charge on any atom is 0.418 e. The van der Waals surface area contributed by atoms with Gasteiger partial charge in [0.2, 0.25) is 5.69 Å². The molecule has 0 bridgehead atoms. The van der Waals surface area contributed by atoms with Crippen molar-refractivity contribution in [2.45, 2.75) is 75.7 Å². The van der Waals surface area contributed by atoms with Crippen LogP contribution in [0, 0.1) is 18.3 Å². The van der Waals surface area contributed by atoms with Gasteiger partial charge in [0, 0.05) is 32.4 Å². The average molecular weight is 671 g/mol. The first-order valence-electron chi connectivity index (χ1n) is 14.9. The molecule has 1 aromatic heterocycles. The van der Waals surface area contributed by atoms with E-state index in [4.69, 9.17) is 25.8 Å². The van der Waals surface area contributed by atoms with E-state index in [1.807, 2.05) is 0 Å². The summed E-state index contributed by atoms with van der Waals surface area (Å²) in [6.45, 7) is 20.9. The van der Waals surface area contributed by atoms with Crippen molar-refractivity contribution in [2.24, 2.45) is 10.9 Å². The molecule has 9 nitrogen and oxygen atoms in total. The highest BCUT2D eigenvalue weighted by molar-refractivity contribution is 8.15. The molecule has 3 atom stereocenters. The summed E-state index contributed by atoms with van der Waals surface area (Å²) in [7, 11) is -0.146. The van der Waals surface area contributed by atoms with E-state index in [1.54, 1.807) is 27.7 Å². The van der Waals surface area contributed by atoms with Crippen molar-refractivity contribution < 1.29 is 32.6 Å². The predicted octanol–water partition coefficient (Wildman–Crippen LogP) is 8.04. The van der Waals surface area contributed by atoms with E-state index in [0.29, 0.717) is 18.6 Å². The maximum absolute atomic E-state index is 15.7. The first kappa shape index (κ1) is 35.3. The van der Waals surface area contributed by atoms with Gasteiger partial charge in [-0.15, -0.1) is 0 Å². The summed E-state index contributed by atoms with van der Waals surface area (Å²) in [4.78, 5) is 40.2. The smallest absolute Gasteiger partial charge is 0.418 e. The fourth-order valence-electron chi connectivity index (χ4n) is 5.15. The van der Waals surface area contributed by atoms with Gasteiger partial charge in [-0.2, -0.15) is 0 Å². The lowest BCUT2D eigenvalue weighted by Crippen LogP contribution is -2.47. The van der Waals surface area contributed by atoms with Crippen molar-refractivity contribution in [2.75, 3.05) is 20.4 Å². The van der Waals surface area contributed by atoms with E-state index in [0.717, 1.165) is 17.8 Å². The molecule has 2 heterocycles. The zero-order valence-corrected chi connectivity index (χ0v) is 29.3. The number of amidine groups is 1. The summed E-state index contributed by atoms with van der Waals surface area (Å²) in [5, 5.41) is 0.138. The number of ether oxygens (including phenoxy) is 3. The van der Waals surface area contributed by atoms with Crippen LogP contribution in [0.3, 0.4) is 0 Å². The lowest BCUT2D eigenvalue weighted by atomic mass is 9.84. The van der Waals surface area contributed by atoms with Crippen molar-refractivity contribution in [1.82, 2.24) is 9.88 Å². The number of esters is 1. The van der Waals surface area contributed by atoms with Crippen LogP contribution in [0.1, 0.15) is 50.9 Å². The highest BCUT2D eigenvalue weighted by Crippen LogP contribution is 2.67. The third-order valence-corrected chi connectivity index (χ3v) is 10.9. The number of hydrogen-bond donors (Lipinski definition) is 0. The normalized spacial score (nSPS) is 22.7. The van der Waals surface area contributed by atoms with E-state index in [2.05, 4.69) is 29.5 Å². The second-order valence-electron chi connectivity index (χ2n) is 13.8. The molecule has 1 aliphatic heterocycles. The van der Waals surface area contributed by atoms with Crippen LogP contribution in [0.4, 0.5) is 19.3 Å². The van der Waals surface area contributed by atoms with E-state index in [1.165, 1.54) is 54.6 Å². The molecular formula is C33H40F2N4O5SSi. The fraction of sp³-hybridized carbons (Fsp3) is 0.485. The number of aromatic nitrogens is 1. The van der Waals surface area contributed by atoms with Crippen molar-refractivity contribution >= 4 is 54.7 Å². The number of rotatable bonds is 9. The molecule has 1 aromatic carbocycles. The van der Waals surface area contributed by atoms with Gasteiger partial charge in [-0.05, 0) is 70.0 Å². The van der Waals surface area contributed by atoms with Crippen LogP contribution >= 0.6 is 11.8 Å². The Morgan fingerprint density at radius 2 is 1.96 bits per heavy atom. The Morgan fingerprint density at radius 3 is 2.54 bits per heavy atom. The van der Waals surface area contributed by atoms with Crippen molar-refractivity contribution in [3.63, 3.8) is 0 Å². The van der Waals surface area contributed by atoms with Crippen LogP contribution in [0.5, 0.6) is 0 Å². The molecule has 0 N–H and O–H groups in total. The summed E-state index contributed by atoms with van der Waals surface area (Å²) >= 11 is 1.09. The molecule has 1 fully saturated rings. The highest BCUT2D eigenvalue weighted by Gasteiger charge is 2.72. The Bertz CT molecular complexity index is 1600. The van der Waals surface area contributed by atoms with Gasteiger partial charge in [0.05, 0.1) is 24.9 Å². The Hall–Kier alpha value is -3.60. The molecule has 246 valence electrons. The molecule has 4 rings (SSSR count). The summed E-state index contributed by atoms with van der Waals surface area (Å²) in [5.74, 6) is -2.27. The third-order valence-electron chi connectivity index (χ3n) is 7.73. The largest absolute Gasteiger partial charge is 0.468 e. The molecular weight excluding hydrogens is 631 g/mol. The quantitative estimate of drug-likeness (QED) is 0.0876. The van der Waals surface area contributed by atoms with Gasteiger partial charge in [-0.25, -0.2) is 23.3 Å². The number of carbonyl (C=O) groups excluding carboxylic acids is 2. The number of pyridine rings is 1. The molecule has 0 radical (unpaired) electrons. The van der Waals surface area contributed by atoms with Crippen molar-refractivity contribution in [3.05, 3.63) is 70.6 Å². The minimum atomic E-state index is -1.43. The van der Waals surface area contributed by atoms with Gasteiger partial charge in [-0.1, -0.05) is 43.5 Å². The molecule has 2 aromatic rings. The number of halogens is 2. The number of thioether (sulfide) groups is 1. The van der Waals surface area contributed by atoms with Gasteiger partial charge < -0.3 is 14.2 Å². The zero-order valence-electron chi connectivity index (χ0n) is 27.4. The fourth-order valence-corrected chi connectivity index (χ4v) is 7.49. The SMILES string of the molecule is [C-]#[N+]c1ccc(/C(F)=C/c2ccc(F)c([C@@]3(C)N=C(N(COCC[Si](C)(C)C)C(=O)OC(C)(C)C)S[C@@]4(C(=O)OC)C[C@H]43)c2)nc1. The van der Waals surface area contributed by atoms with Crippen molar-refractivity contribution in [3.8, 4) is 0 Å². The number of carbonyl (C=O) groups is 2. The minimum Gasteiger partial charge on any atom is -0.468 e. The van der Waals surface area contributed by atoms with E-state index in [9.17, 15) is 9.59 Å². The van der Waals surface area contributed by atoms with Gasteiger partial charge in [-0.3, -0.25) is 14.8 Å². The average Bonchev–Trinajstić information content (AvgIpc) is 3.73. The van der Waals surface area contributed by atoms with Crippen LogP contribution in [-0.4, -0.2) is 66.0 Å². The lowest BCUT2D eigenvalue weighted by molar-refractivity contribution is -0.141. The first-order valence-corrected chi connectivity index (χ1v) is 19.4. The Labute approximate surface area is 274 Å². The molecule has 46 heavy (non-hydrogen) atoms. The minimum absolute atomic E-state index is 0.0212. The molecule has 1 saturated carbocycles. The van der Waals surface area contributed by atoms with Crippen molar-refractivity contribution in [1.29, 1.82) is 0 Å². The number of amides is 1. The van der Waals surface area contributed by atoms with E-state index in [-0.39, 0.29) is 28.8 Å². The van der Waals surface area contributed by atoms with Crippen LogP contribution in [0.25, 0.3) is 16.7 Å². The number of nitrogens with zero attached hydrogens (tertiary/aromatic N) is 4. The number of aliphatic imine (C=N–C) groups is 1. The molecule has 1 amide bonds. The Morgan fingerprint density at radius 1 is 1.24 bits per heavy atom. The van der Waals surface area contributed by atoms with E-state index >= 15 is 8.78 Å². The topological polar surface area (TPSA) is 94.7 Å². The molecule has 0 saturated heterocycles. The predicted molar refractivity (Wildman–Crippen MR) is 178 cm³/mol. The van der Waals surface area contributed by atoms with Crippen LogP contribution in [0.15, 0.2) is 41.5 Å². The standard InChI is InChI=1S/C33H40F2N4O5SSi/c1-31(2,3)44-30(41)39(20-43-14-15-46(7,8)9)29-38-32(4,27-18-33(27,45-29)28(40)42-6)23-16-21(10-12-24(23)34)17-25(35)26-13-11-22(36-5)19-37-26/h10-13,16-17,19,27H,14-15,18,20H2,1-4,6-9H3/b25-17-/t27-,32+,33-/m0/s1. The molecule has 1 aliphatic carbocycles. The van der Waals surface area contributed by atoms with Gasteiger partial charge in [0.1, 0.15) is 28.7 Å². The van der Waals surface area contributed by atoms with Gasteiger partial charge in [0.15, 0.2) is 5.17 Å².